The number of hydrogen-bond acceptors (Lipinski definition) is 4. The molecule has 0 aliphatic heterocycles. The van der Waals surface area contributed by atoms with E-state index >= 15 is 0 Å². The van der Waals surface area contributed by atoms with Crippen molar-refractivity contribution in [2.45, 2.75) is 13.3 Å². The van der Waals surface area contributed by atoms with Crippen molar-refractivity contribution in [3.8, 4) is 0 Å². The monoisotopic (exact) mass is 298 g/mol. The Bertz CT molecular complexity index is 692. The largest absolute Gasteiger partial charge is 0.255 e. The number of sulfonamides is 1. The molecule has 0 bridgehead atoms. The van der Waals surface area contributed by atoms with Gasteiger partial charge in [-0.25, -0.2) is 17.5 Å². The molecule has 2 aromatic rings. The Morgan fingerprint density at radius 2 is 2.15 bits per heavy atom. The summed E-state index contributed by atoms with van der Waals surface area (Å²) >= 11 is 0. The molecule has 6 nitrogen and oxygen atoms in total. The van der Waals surface area contributed by atoms with Crippen LogP contribution in [-0.4, -0.2) is 28.9 Å². The van der Waals surface area contributed by atoms with Crippen LogP contribution in [0.4, 0.5) is 10.3 Å². The molecule has 1 N–H and O–H groups in total. The van der Waals surface area contributed by atoms with E-state index in [4.69, 9.17) is 0 Å². The normalized spacial score (nSPS) is 11.6. The summed E-state index contributed by atoms with van der Waals surface area (Å²) in [5, 5.41) is 3.92. The van der Waals surface area contributed by atoms with E-state index in [9.17, 15) is 12.8 Å². The van der Waals surface area contributed by atoms with E-state index in [0.29, 0.717) is 11.4 Å². The molecule has 20 heavy (non-hydrogen) atoms. The van der Waals surface area contributed by atoms with E-state index < -0.39 is 10.0 Å². The van der Waals surface area contributed by atoms with Crippen LogP contribution in [0, 0.1) is 12.7 Å². The molecule has 108 valence electrons. The second-order valence-electron chi connectivity index (χ2n) is 4.41. The fraction of sp³-hybridized carbons (Fsp3) is 0.333. The van der Waals surface area contributed by atoms with E-state index in [1.165, 1.54) is 16.8 Å². The highest BCUT2D eigenvalue weighted by Gasteiger charge is 2.14. The lowest BCUT2D eigenvalue weighted by Gasteiger charge is -2.04. The van der Waals surface area contributed by atoms with E-state index in [0.717, 1.165) is 0 Å². The Morgan fingerprint density at radius 3 is 2.75 bits per heavy atom. The van der Waals surface area contributed by atoms with Crippen LogP contribution in [0.2, 0.25) is 0 Å². The Balaban J connectivity index is 2.01. The number of nitrogens with one attached hydrogen (secondary N) is 1. The lowest BCUT2D eigenvalue weighted by molar-refractivity contribution is 0.599. The van der Waals surface area contributed by atoms with Crippen molar-refractivity contribution in [2.24, 2.45) is 7.05 Å². The van der Waals surface area contributed by atoms with Crippen molar-refractivity contribution in [3.63, 3.8) is 0 Å². The average molecular weight is 298 g/mol. The molecule has 8 heteroatoms. The van der Waals surface area contributed by atoms with E-state index in [-0.39, 0.29) is 23.9 Å². The predicted molar refractivity (Wildman–Crippen MR) is 73.3 cm³/mol. The third-order valence-corrected chi connectivity index (χ3v) is 4.01. The fourth-order valence-electron chi connectivity index (χ4n) is 1.64. The number of rotatable bonds is 5. The number of aromatic nitrogens is 3. The first-order chi connectivity index (χ1) is 9.35. The molecule has 0 radical (unpaired) electrons. The number of benzene rings is 1. The first kappa shape index (κ1) is 14.4. The van der Waals surface area contributed by atoms with Crippen molar-refractivity contribution in [1.29, 1.82) is 0 Å². The second-order valence-corrected chi connectivity index (χ2v) is 6.25. The highest BCUT2D eigenvalue weighted by atomic mass is 32.2. The Hall–Kier alpha value is -1.96. The van der Waals surface area contributed by atoms with Gasteiger partial charge < -0.3 is 0 Å². The van der Waals surface area contributed by atoms with E-state index in [1.807, 2.05) is 0 Å². The zero-order valence-corrected chi connectivity index (χ0v) is 12.0. The number of aryl methyl sites for hydroxylation is 3. The number of halogens is 1. The van der Waals surface area contributed by atoms with Crippen molar-refractivity contribution in [2.75, 3.05) is 10.5 Å². The molecule has 0 spiro atoms. The molecule has 1 aromatic carbocycles. The third kappa shape index (κ3) is 3.77. The molecule has 0 fully saturated rings. The van der Waals surface area contributed by atoms with Crippen molar-refractivity contribution in [3.05, 3.63) is 41.5 Å². The van der Waals surface area contributed by atoms with Crippen LogP contribution in [0.25, 0.3) is 0 Å². The van der Waals surface area contributed by atoms with E-state index in [2.05, 4.69) is 14.8 Å². The highest BCUT2D eigenvalue weighted by Crippen LogP contribution is 2.08. The maximum atomic E-state index is 13.0. The van der Waals surface area contributed by atoms with Crippen LogP contribution in [0.15, 0.2) is 24.3 Å². The summed E-state index contributed by atoms with van der Waals surface area (Å²) < 4.78 is 40.5. The second kappa shape index (κ2) is 5.58. The van der Waals surface area contributed by atoms with Gasteiger partial charge in [0.25, 0.3) is 5.95 Å². The summed E-state index contributed by atoms with van der Waals surface area (Å²) in [5.74, 6) is 0.111. The minimum atomic E-state index is -3.56. The summed E-state index contributed by atoms with van der Waals surface area (Å²) in [7, 11) is -1.89. The molecule has 0 aliphatic carbocycles. The fourth-order valence-corrected chi connectivity index (χ4v) is 2.61. The summed E-state index contributed by atoms with van der Waals surface area (Å²) in [6.45, 7) is 1.72. The lowest BCUT2D eigenvalue weighted by Crippen LogP contribution is -2.19. The van der Waals surface area contributed by atoms with Gasteiger partial charge in [-0.1, -0.05) is 12.1 Å². The first-order valence-electron chi connectivity index (χ1n) is 5.98. The number of hydrogen-bond donors (Lipinski definition) is 1. The Labute approximate surface area is 116 Å². The van der Waals surface area contributed by atoms with Crippen LogP contribution in [0.5, 0.6) is 0 Å². The molecule has 0 unspecified atom stereocenters. The van der Waals surface area contributed by atoms with Gasteiger partial charge in [0.2, 0.25) is 10.0 Å². The van der Waals surface area contributed by atoms with Crippen LogP contribution in [0.3, 0.4) is 0 Å². The van der Waals surface area contributed by atoms with Gasteiger partial charge in [0.15, 0.2) is 0 Å². The van der Waals surface area contributed by atoms with E-state index in [1.54, 1.807) is 26.1 Å². The molecular formula is C12H15FN4O2S. The zero-order valence-electron chi connectivity index (χ0n) is 11.2. The minimum absolute atomic E-state index is 0.0456. The zero-order chi connectivity index (χ0) is 14.8. The predicted octanol–water partition coefficient (Wildman–Crippen LogP) is 1.25. The number of nitrogens with zero attached hydrogens (tertiary/aromatic N) is 3. The molecule has 2 rings (SSSR count). The lowest BCUT2D eigenvalue weighted by atomic mass is 10.2. The molecule has 1 aromatic heterocycles. The Morgan fingerprint density at radius 1 is 1.40 bits per heavy atom. The maximum absolute atomic E-state index is 13.0. The summed E-state index contributed by atoms with van der Waals surface area (Å²) in [6, 6.07) is 5.87. The van der Waals surface area contributed by atoms with Gasteiger partial charge in [0.1, 0.15) is 11.6 Å². The first-order valence-corrected chi connectivity index (χ1v) is 7.63. The summed E-state index contributed by atoms with van der Waals surface area (Å²) in [5.41, 5.74) is 0.625. The van der Waals surface area contributed by atoms with Gasteiger partial charge in [-0.3, -0.25) is 4.68 Å². The highest BCUT2D eigenvalue weighted by molar-refractivity contribution is 7.92. The number of anilines is 1. The molecule has 0 atom stereocenters. The topological polar surface area (TPSA) is 76.9 Å². The molecule has 0 aliphatic rings. The van der Waals surface area contributed by atoms with Gasteiger partial charge in [0, 0.05) is 7.05 Å². The van der Waals surface area contributed by atoms with Gasteiger partial charge in [-0.05, 0) is 31.0 Å². The minimum Gasteiger partial charge on any atom is -0.251 e. The van der Waals surface area contributed by atoms with Crippen LogP contribution < -0.4 is 4.72 Å². The van der Waals surface area contributed by atoms with Crippen molar-refractivity contribution in [1.82, 2.24) is 14.8 Å². The van der Waals surface area contributed by atoms with Gasteiger partial charge in [-0.2, -0.15) is 4.98 Å². The van der Waals surface area contributed by atoms with Crippen molar-refractivity contribution < 1.29 is 12.8 Å². The molecule has 0 saturated heterocycles. The van der Waals surface area contributed by atoms with Gasteiger partial charge >= 0.3 is 0 Å². The standard InChI is InChI=1S/C12H15FN4O2S/c1-9-14-12(15-17(9)2)16-20(18,19)7-6-10-4-3-5-11(13)8-10/h3-5,8H,6-7H2,1-2H3,(H,15,16). The van der Waals surface area contributed by atoms with Crippen LogP contribution in [0.1, 0.15) is 11.4 Å². The van der Waals surface area contributed by atoms with Gasteiger partial charge in [0.05, 0.1) is 5.75 Å². The van der Waals surface area contributed by atoms with Crippen molar-refractivity contribution >= 4 is 16.0 Å². The van der Waals surface area contributed by atoms with Crippen LogP contribution in [-0.2, 0) is 23.5 Å². The SMILES string of the molecule is Cc1nc(NS(=O)(=O)CCc2cccc(F)c2)nn1C. The van der Waals surface area contributed by atoms with Gasteiger partial charge in [-0.15, -0.1) is 5.10 Å². The maximum Gasteiger partial charge on any atom is 0.255 e. The summed E-state index contributed by atoms with van der Waals surface area (Å²) in [4.78, 5) is 3.97. The molecule has 0 amide bonds. The molecule has 0 saturated carbocycles. The molecule has 1 heterocycles. The third-order valence-electron chi connectivity index (χ3n) is 2.78. The van der Waals surface area contributed by atoms with Crippen LogP contribution >= 0.6 is 0 Å². The Kier molecular flexibility index (Phi) is 4.03. The smallest absolute Gasteiger partial charge is 0.251 e. The summed E-state index contributed by atoms with van der Waals surface area (Å²) in [6.07, 6.45) is 0.221. The quantitative estimate of drug-likeness (QED) is 0.901. The average Bonchev–Trinajstić information content (AvgIpc) is 2.65. The molecular weight excluding hydrogens is 283 g/mol.